The summed E-state index contributed by atoms with van der Waals surface area (Å²) in [6.45, 7) is 4.17. The van der Waals surface area contributed by atoms with Crippen LogP contribution in [0, 0.1) is 12.8 Å². The van der Waals surface area contributed by atoms with Gasteiger partial charge in [0.2, 0.25) is 11.8 Å². The van der Waals surface area contributed by atoms with Crippen molar-refractivity contribution in [3.8, 4) is 12.8 Å². The summed E-state index contributed by atoms with van der Waals surface area (Å²) in [5.74, 6) is 1.18. The molecule has 2 rings (SSSR count). The van der Waals surface area contributed by atoms with Crippen LogP contribution in [0.5, 0.6) is 0 Å². The number of hydrogen-bond acceptors (Lipinski definition) is 3. The van der Waals surface area contributed by atoms with Gasteiger partial charge in [0.05, 0.1) is 5.37 Å². The third kappa shape index (κ3) is 4.67. The van der Waals surface area contributed by atoms with E-state index in [4.69, 9.17) is 0 Å². The van der Waals surface area contributed by atoms with Crippen molar-refractivity contribution in [3.63, 3.8) is 0 Å². The Morgan fingerprint density at radius 1 is 1.43 bits per heavy atom. The second-order valence-corrected chi connectivity index (χ2v) is 6.75. The van der Waals surface area contributed by atoms with Crippen molar-refractivity contribution < 1.29 is 9.59 Å². The number of rotatable bonds is 4. The van der Waals surface area contributed by atoms with Crippen LogP contribution >= 0.6 is 11.8 Å². The van der Waals surface area contributed by atoms with Crippen LogP contribution in [0.25, 0.3) is 0 Å². The van der Waals surface area contributed by atoms with Gasteiger partial charge < -0.3 is 10.2 Å². The number of fused-ring (bicyclic) bond motifs is 1. The molecule has 0 aromatic heterocycles. The van der Waals surface area contributed by atoms with Gasteiger partial charge in [-0.15, -0.1) is 24.6 Å². The molecule has 118 valence electrons. The molecule has 4 nitrogen and oxygen atoms in total. The minimum absolute atomic E-state index is 0.0261. The first-order chi connectivity index (χ1) is 10.1. The Bertz CT molecular complexity index is 384. The van der Waals surface area contributed by atoms with Gasteiger partial charge in [-0.1, -0.05) is 13.3 Å². The minimum atomic E-state index is -0.296. The summed E-state index contributed by atoms with van der Waals surface area (Å²) >= 11 is 1.88. The number of unbranched alkanes of at least 4 members (excludes halogenated alkanes) is 1. The van der Waals surface area contributed by atoms with Gasteiger partial charge >= 0.3 is 0 Å². The predicted octanol–water partition coefficient (Wildman–Crippen LogP) is 2.38. The van der Waals surface area contributed by atoms with Crippen LogP contribution in [0.3, 0.4) is 0 Å². The van der Waals surface area contributed by atoms with Crippen molar-refractivity contribution in [2.75, 3.05) is 5.75 Å². The SMILES string of the molecule is C#C.CCCCC(=O)N[C@H]1CCCC2SC[C@@H](C)N2C1=O. The third-order valence-electron chi connectivity index (χ3n) is 3.90. The van der Waals surface area contributed by atoms with Gasteiger partial charge in [0.1, 0.15) is 6.04 Å². The Hall–Kier alpha value is -1.15. The third-order valence-corrected chi connectivity index (χ3v) is 5.43. The molecule has 0 radical (unpaired) electrons. The lowest BCUT2D eigenvalue weighted by Crippen LogP contribution is -2.50. The molecule has 2 amide bonds. The van der Waals surface area contributed by atoms with Crippen LogP contribution in [0.4, 0.5) is 0 Å². The zero-order chi connectivity index (χ0) is 15.8. The second-order valence-electron chi connectivity index (χ2n) is 5.54. The molecule has 0 bridgehead atoms. The van der Waals surface area contributed by atoms with Crippen molar-refractivity contribution in [2.45, 2.75) is 69.8 Å². The molecule has 0 aromatic rings. The van der Waals surface area contributed by atoms with Crippen molar-refractivity contribution in [2.24, 2.45) is 0 Å². The van der Waals surface area contributed by atoms with Gasteiger partial charge in [-0.2, -0.15) is 0 Å². The molecule has 2 saturated heterocycles. The maximum Gasteiger partial charge on any atom is 0.246 e. The largest absolute Gasteiger partial charge is 0.344 e. The summed E-state index contributed by atoms with van der Waals surface area (Å²) in [4.78, 5) is 26.4. The molecule has 0 spiro atoms. The summed E-state index contributed by atoms with van der Waals surface area (Å²) in [7, 11) is 0. The first kappa shape index (κ1) is 17.9. The van der Waals surface area contributed by atoms with E-state index in [1.807, 2.05) is 16.7 Å². The van der Waals surface area contributed by atoms with Crippen LogP contribution in [0.2, 0.25) is 0 Å². The summed E-state index contributed by atoms with van der Waals surface area (Å²) in [6.07, 6.45) is 13.3. The molecule has 0 aromatic carbocycles. The number of thioether (sulfide) groups is 1. The first-order valence-corrected chi connectivity index (χ1v) is 8.74. The monoisotopic (exact) mass is 310 g/mol. The summed E-state index contributed by atoms with van der Waals surface area (Å²) < 4.78 is 0. The van der Waals surface area contributed by atoms with Gasteiger partial charge in [0.25, 0.3) is 0 Å². The molecule has 5 heteroatoms. The molecule has 2 heterocycles. The summed E-state index contributed by atoms with van der Waals surface area (Å²) in [5, 5.41) is 3.27. The van der Waals surface area contributed by atoms with Crippen LogP contribution < -0.4 is 5.32 Å². The fourth-order valence-electron chi connectivity index (χ4n) is 2.81. The quantitative estimate of drug-likeness (QED) is 0.811. The van der Waals surface area contributed by atoms with Crippen molar-refractivity contribution in [3.05, 3.63) is 0 Å². The number of carbonyl (C=O) groups excluding carboxylic acids is 2. The fourth-order valence-corrected chi connectivity index (χ4v) is 4.28. The van der Waals surface area contributed by atoms with E-state index in [1.54, 1.807) is 0 Å². The Kier molecular flexibility index (Phi) is 7.66. The van der Waals surface area contributed by atoms with Crippen molar-refractivity contribution >= 4 is 23.6 Å². The van der Waals surface area contributed by atoms with Gasteiger partial charge in [-0.25, -0.2) is 0 Å². The highest BCUT2D eigenvalue weighted by Gasteiger charge is 2.40. The maximum absolute atomic E-state index is 12.5. The molecule has 1 N–H and O–H groups in total. The van der Waals surface area contributed by atoms with E-state index < -0.39 is 0 Å². The zero-order valence-electron chi connectivity index (χ0n) is 13.0. The van der Waals surface area contributed by atoms with Crippen LogP contribution in [-0.2, 0) is 9.59 Å². The van der Waals surface area contributed by atoms with Crippen LogP contribution in [0.15, 0.2) is 0 Å². The average molecular weight is 310 g/mol. The van der Waals surface area contributed by atoms with Gasteiger partial charge in [0.15, 0.2) is 0 Å². The highest BCUT2D eigenvalue weighted by atomic mass is 32.2. The summed E-state index contributed by atoms with van der Waals surface area (Å²) in [6, 6.07) is 0.00569. The van der Waals surface area contributed by atoms with Crippen molar-refractivity contribution in [1.29, 1.82) is 0 Å². The highest BCUT2D eigenvalue weighted by Crippen LogP contribution is 2.35. The maximum atomic E-state index is 12.5. The summed E-state index contributed by atoms with van der Waals surface area (Å²) in [5.41, 5.74) is 0. The lowest BCUT2D eigenvalue weighted by Gasteiger charge is -2.28. The number of amides is 2. The lowest BCUT2D eigenvalue weighted by atomic mass is 10.1. The number of nitrogens with zero attached hydrogens (tertiary/aromatic N) is 1. The number of terminal acetylenes is 1. The van der Waals surface area contributed by atoms with E-state index >= 15 is 0 Å². The van der Waals surface area contributed by atoms with E-state index in [0.29, 0.717) is 17.8 Å². The minimum Gasteiger partial charge on any atom is -0.344 e. The second kappa shape index (κ2) is 8.99. The van der Waals surface area contributed by atoms with E-state index in [2.05, 4.69) is 32.0 Å². The molecule has 1 unspecified atom stereocenters. The molecule has 2 fully saturated rings. The normalized spacial score (nSPS) is 28.1. The molecule has 2 aliphatic rings. The lowest BCUT2D eigenvalue weighted by molar-refractivity contribution is -0.137. The smallest absolute Gasteiger partial charge is 0.246 e. The van der Waals surface area contributed by atoms with E-state index in [-0.39, 0.29) is 17.9 Å². The van der Waals surface area contributed by atoms with E-state index in [0.717, 1.165) is 37.9 Å². The number of nitrogens with one attached hydrogen (secondary N) is 1. The predicted molar refractivity (Wildman–Crippen MR) is 87.8 cm³/mol. The molecule has 2 aliphatic heterocycles. The molecular formula is C16H26N2O2S. The topological polar surface area (TPSA) is 49.4 Å². The fraction of sp³-hybridized carbons (Fsp3) is 0.750. The van der Waals surface area contributed by atoms with E-state index in [1.165, 1.54) is 0 Å². The molecule has 0 saturated carbocycles. The Morgan fingerprint density at radius 3 is 2.81 bits per heavy atom. The van der Waals surface area contributed by atoms with Crippen LogP contribution in [0.1, 0.15) is 52.4 Å². The highest BCUT2D eigenvalue weighted by molar-refractivity contribution is 8.00. The number of carbonyl (C=O) groups is 2. The standard InChI is InChI=1S/C14H24N2O2S.C2H2/c1-3-4-7-12(17)15-11-6-5-8-13-16(14(11)18)10(2)9-19-13;1-2/h10-11,13H,3-9H2,1-2H3,(H,15,17);1-2H/t10-,11+,13?;/m1./s1. The molecular weight excluding hydrogens is 284 g/mol. The van der Waals surface area contributed by atoms with Crippen LogP contribution in [-0.4, -0.2) is 39.9 Å². The first-order valence-electron chi connectivity index (χ1n) is 7.70. The molecule has 3 atom stereocenters. The Morgan fingerprint density at radius 2 is 2.14 bits per heavy atom. The van der Waals surface area contributed by atoms with Gasteiger partial charge in [-0.3, -0.25) is 9.59 Å². The van der Waals surface area contributed by atoms with Gasteiger partial charge in [0, 0.05) is 18.2 Å². The Labute approximate surface area is 132 Å². The zero-order valence-corrected chi connectivity index (χ0v) is 13.8. The molecule has 21 heavy (non-hydrogen) atoms. The number of hydrogen-bond donors (Lipinski definition) is 1. The van der Waals surface area contributed by atoms with Gasteiger partial charge in [-0.05, 0) is 32.6 Å². The average Bonchev–Trinajstić information content (AvgIpc) is 2.78. The van der Waals surface area contributed by atoms with Crippen molar-refractivity contribution in [1.82, 2.24) is 10.2 Å². The molecule has 0 aliphatic carbocycles. The Balaban J connectivity index is 0.00000106. The van der Waals surface area contributed by atoms with E-state index in [9.17, 15) is 9.59 Å².